The van der Waals surface area contributed by atoms with Crippen LogP contribution in [0.1, 0.15) is 45.6 Å². The van der Waals surface area contributed by atoms with Crippen LogP contribution in [-0.2, 0) is 0 Å². The Hall–Kier alpha value is -0.860. The first-order valence-corrected chi connectivity index (χ1v) is 8.15. The number of fused-ring (bicyclic) bond motifs is 2. The standard InChI is InChI=1S/C17H20Cl2N2/c1-16(2)12-6-7-17(16,3)15(8-12)21-20-10-11-4-5-13(18)9-14(11)19/h4-5,9-10,12H,6-8H2,1-3H3/b20-10-,21-15-/t12-,17+/m1/s1. The Kier molecular flexibility index (Phi) is 3.66. The highest BCUT2D eigenvalue weighted by molar-refractivity contribution is 6.36. The van der Waals surface area contributed by atoms with E-state index in [1.165, 1.54) is 18.6 Å². The second-order valence-corrected chi connectivity index (χ2v) is 7.79. The monoisotopic (exact) mass is 322 g/mol. The number of hydrogen-bond donors (Lipinski definition) is 0. The fourth-order valence-electron chi connectivity index (χ4n) is 3.85. The van der Waals surface area contributed by atoms with Gasteiger partial charge in [0, 0.05) is 21.7 Å². The van der Waals surface area contributed by atoms with Crippen LogP contribution in [0.3, 0.4) is 0 Å². The van der Waals surface area contributed by atoms with Crippen LogP contribution in [0.25, 0.3) is 0 Å². The maximum atomic E-state index is 6.14. The summed E-state index contributed by atoms with van der Waals surface area (Å²) in [6.45, 7) is 7.07. The average Bonchev–Trinajstić information content (AvgIpc) is 2.74. The van der Waals surface area contributed by atoms with E-state index in [0.29, 0.717) is 15.5 Å². The highest BCUT2D eigenvalue weighted by Crippen LogP contribution is 2.63. The third-order valence-electron chi connectivity index (χ3n) is 5.85. The van der Waals surface area contributed by atoms with E-state index < -0.39 is 0 Å². The van der Waals surface area contributed by atoms with Crippen molar-refractivity contribution in [3.63, 3.8) is 0 Å². The SMILES string of the molecule is CC1(C)[C@@H]2CC[C@@]1(C)/C(=N\N=C/c1ccc(Cl)cc1Cl)C2. The molecule has 2 aliphatic rings. The van der Waals surface area contributed by atoms with Crippen LogP contribution in [-0.4, -0.2) is 11.9 Å². The molecule has 0 spiro atoms. The van der Waals surface area contributed by atoms with E-state index in [1.54, 1.807) is 12.3 Å². The summed E-state index contributed by atoms with van der Waals surface area (Å²) in [5.74, 6) is 0.746. The molecule has 1 aromatic rings. The molecule has 0 N–H and O–H groups in total. The molecule has 2 atom stereocenters. The van der Waals surface area contributed by atoms with Crippen molar-refractivity contribution in [1.29, 1.82) is 0 Å². The van der Waals surface area contributed by atoms with Crippen LogP contribution < -0.4 is 0 Å². The summed E-state index contributed by atoms with van der Waals surface area (Å²) >= 11 is 12.0. The molecule has 0 aliphatic heterocycles. The summed E-state index contributed by atoms with van der Waals surface area (Å²) in [6.07, 6.45) is 5.33. The van der Waals surface area contributed by atoms with Crippen molar-refractivity contribution in [1.82, 2.24) is 0 Å². The molecule has 3 rings (SSSR count). The van der Waals surface area contributed by atoms with Crippen molar-refractivity contribution in [3.8, 4) is 0 Å². The topological polar surface area (TPSA) is 24.7 Å². The normalized spacial score (nSPS) is 32.4. The number of nitrogens with zero attached hydrogens (tertiary/aromatic N) is 2. The Labute approximate surface area is 136 Å². The highest BCUT2D eigenvalue weighted by atomic mass is 35.5. The fraction of sp³-hybridized carbons (Fsp3) is 0.529. The maximum absolute atomic E-state index is 6.14. The molecule has 2 saturated carbocycles. The van der Waals surface area contributed by atoms with E-state index in [0.717, 1.165) is 17.9 Å². The first kappa shape index (κ1) is 15.1. The molecule has 1 aromatic carbocycles. The van der Waals surface area contributed by atoms with Crippen LogP contribution in [0.2, 0.25) is 10.0 Å². The molecular weight excluding hydrogens is 303 g/mol. The molecule has 0 unspecified atom stereocenters. The number of hydrogen-bond acceptors (Lipinski definition) is 2. The molecule has 0 aromatic heterocycles. The van der Waals surface area contributed by atoms with Gasteiger partial charge in [0.15, 0.2) is 0 Å². The minimum absolute atomic E-state index is 0.193. The summed E-state index contributed by atoms with van der Waals surface area (Å²) in [7, 11) is 0. The number of rotatable bonds is 2. The largest absolute Gasteiger partial charge is 0.160 e. The molecule has 0 amide bonds. The lowest BCUT2D eigenvalue weighted by Crippen LogP contribution is -2.32. The van der Waals surface area contributed by atoms with E-state index >= 15 is 0 Å². The minimum atomic E-state index is 0.193. The van der Waals surface area contributed by atoms with Gasteiger partial charge in [-0.3, -0.25) is 0 Å². The maximum Gasteiger partial charge on any atom is 0.0583 e. The molecule has 0 radical (unpaired) electrons. The van der Waals surface area contributed by atoms with Crippen molar-refractivity contribution >= 4 is 35.1 Å². The second kappa shape index (κ2) is 5.10. The van der Waals surface area contributed by atoms with Gasteiger partial charge in [-0.05, 0) is 42.7 Å². The Morgan fingerprint density at radius 1 is 1.24 bits per heavy atom. The summed E-state index contributed by atoms with van der Waals surface area (Å²) in [4.78, 5) is 0. The van der Waals surface area contributed by atoms with Crippen LogP contribution in [0, 0.1) is 16.7 Å². The summed E-state index contributed by atoms with van der Waals surface area (Å²) < 4.78 is 0. The van der Waals surface area contributed by atoms with Gasteiger partial charge < -0.3 is 0 Å². The van der Waals surface area contributed by atoms with Gasteiger partial charge in [0.05, 0.1) is 11.2 Å². The zero-order chi connectivity index (χ0) is 15.3. The van der Waals surface area contributed by atoms with Gasteiger partial charge in [-0.25, -0.2) is 0 Å². The van der Waals surface area contributed by atoms with Gasteiger partial charge in [-0.15, -0.1) is 0 Å². The van der Waals surface area contributed by atoms with Gasteiger partial charge in [0.2, 0.25) is 0 Å². The van der Waals surface area contributed by atoms with E-state index in [-0.39, 0.29) is 5.41 Å². The van der Waals surface area contributed by atoms with Crippen molar-refractivity contribution < 1.29 is 0 Å². The summed E-state index contributed by atoms with van der Waals surface area (Å²) in [5.41, 5.74) is 2.61. The first-order chi connectivity index (χ1) is 9.84. The van der Waals surface area contributed by atoms with Gasteiger partial charge in [0.1, 0.15) is 0 Å². The minimum Gasteiger partial charge on any atom is -0.160 e. The molecule has 2 aliphatic carbocycles. The van der Waals surface area contributed by atoms with E-state index in [2.05, 4.69) is 31.0 Å². The Morgan fingerprint density at radius 2 is 2.00 bits per heavy atom. The van der Waals surface area contributed by atoms with Gasteiger partial charge in [-0.2, -0.15) is 10.2 Å². The second-order valence-electron chi connectivity index (χ2n) is 6.95. The first-order valence-electron chi connectivity index (χ1n) is 7.40. The van der Waals surface area contributed by atoms with Gasteiger partial charge >= 0.3 is 0 Å². The van der Waals surface area contributed by atoms with Crippen LogP contribution in [0.4, 0.5) is 0 Å². The molecule has 112 valence electrons. The average molecular weight is 323 g/mol. The number of halogens is 2. The Bertz CT molecular complexity index is 634. The zero-order valence-electron chi connectivity index (χ0n) is 12.7. The van der Waals surface area contributed by atoms with Crippen molar-refractivity contribution in [2.45, 2.75) is 40.0 Å². The third kappa shape index (κ3) is 2.33. The third-order valence-corrected chi connectivity index (χ3v) is 6.41. The lowest BCUT2D eigenvalue weighted by molar-refractivity contribution is 0.194. The predicted octanol–water partition coefficient (Wildman–Crippen LogP) is 5.61. The fourth-order valence-corrected chi connectivity index (χ4v) is 4.30. The molecule has 21 heavy (non-hydrogen) atoms. The lowest BCUT2D eigenvalue weighted by Gasteiger charge is -2.34. The summed E-state index contributed by atoms with van der Waals surface area (Å²) in [6, 6.07) is 5.39. The summed E-state index contributed by atoms with van der Waals surface area (Å²) in [5, 5.41) is 10.0. The Balaban J connectivity index is 1.83. The van der Waals surface area contributed by atoms with E-state index in [1.807, 2.05) is 12.1 Å². The van der Waals surface area contributed by atoms with E-state index in [9.17, 15) is 0 Å². The number of benzene rings is 1. The van der Waals surface area contributed by atoms with Crippen molar-refractivity contribution in [2.75, 3.05) is 0 Å². The molecule has 4 heteroatoms. The zero-order valence-corrected chi connectivity index (χ0v) is 14.2. The van der Waals surface area contributed by atoms with Crippen LogP contribution in [0.5, 0.6) is 0 Å². The lowest BCUT2D eigenvalue weighted by atomic mass is 9.70. The smallest absolute Gasteiger partial charge is 0.0583 e. The Morgan fingerprint density at radius 3 is 2.57 bits per heavy atom. The predicted molar refractivity (Wildman–Crippen MR) is 90.7 cm³/mol. The molecule has 2 nitrogen and oxygen atoms in total. The molecular formula is C17H20Cl2N2. The molecule has 2 fully saturated rings. The van der Waals surface area contributed by atoms with Crippen LogP contribution in [0.15, 0.2) is 28.4 Å². The van der Waals surface area contributed by atoms with Crippen LogP contribution >= 0.6 is 23.2 Å². The van der Waals surface area contributed by atoms with Crippen molar-refractivity contribution in [3.05, 3.63) is 33.8 Å². The van der Waals surface area contributed by atoms with Gasteiger partial charge in [-0.1, -0.05) is 50.0 Å². The molecule has 2 bridgehead atoms. The van der Waals surface area contributed by atoms with E-state index in [4.69, 9.17) is 23.2 Å². The molecule has 0 heterocycles. The van der Waals surface area contributed by atoms with Gasteiger partial charge in [0.25, 0.3) is 0 Å². The molecule has 0 saturated heterocycles. The highest BCUT2D eigenvalue weighted by Gasteiger charge is 2.59. The quantitative estimate of drug-likeness (QED) is 0.499. The van der Waals surface area contributed by atoms with Crippen molar-refractivity contribution in [2.24, 2.45) is 27.0 Å².